The molecule has 1 amide bonds. The molecule has 0 aromatic heterocycles. The smallest absolute Gasteiger partial charge is 0.253 e. The second-order valence-corrected chi connectivity index (χ2v) is 4.19. The normalized spacial score (nSPS) is 14.2. The Kier molecular flexibility index (Phi) is 4.50. The standard InChI is InChI=1S/C13H19NO2/c1-4-10(3)12(15)13(16)14-11-7-5-9(2)6-8-11/h5-8,10,12,15H,4H2,1-3H3,(H,14,16). The van der Waals surface area contributed by atoms with Crippen molar-refractivity contribution in [2.75, 3.05) is 5.32 Å². The molecule has 1 aromatic carbocycles. The van der Waals surface area contributed by atoms with Crippen molar-refractivity contribution in [2.24, 2.45) is 5.92 Å². The summed E-state index contributed by atoms with van der Waals surface area (Å²) in [6.45, 7) is 5.80. The summed E-state index contributed by atoms with van der Waals surface area (Å²) in [5.41, 5.74) is 1.86. The molecule has 1 rings (SSSR count). The lowest BCUT2D eigenvalue weighted by Crippen LogP contribution is -2.32. The van der Waals surface area contributed by atoms with E-state index in [9.17, 15) is 9.90 Å². The summed E-state index contributed by atoms with van der Waals surface area (Å²) in [6.07, 6.45) is -0.158. The van der Waals surface area contributed by atoms with Crippen molar-refractivity contribution in [1.29, 1.82) is 0 Å². The molecule has 88 valence electrons. The first-order chi connectivity index (χ1) is 7.54. The first kappa shape index (κ1) is 12.7. The van der Waals surface area contributed by atoms with Crippen molar-refractivity contribution in [1.82, 2.24) is 0 Å². The van der Waals surface area contributed by atoms with E-state index in [0.29, 0.717) is 0 Å². The van der Waals surface area contributed by atoms with E-state index < -0.39 is 6.10 Å². The number of carbonyl (C=O) groups is 1. The molecular weight excluding hydrogens is 202 g/mol. The molecule has 0 radical (unpaired) electrons. The van der Waals surface area contributed by atoms with Gasteiger partial charge in [-0.25, -0.2) is 0 Å². The summed E-state index contributed by atoms with van der Waals surface area (Å²) >= 11 is 0. The first-order valence-electron chi connectivity index (χ1n) is 5.60. The fourth-order valence-corrected chi connectivity index (χ4v) is 1.33. The van der Waals surface area contributed by atoms with E-state index in [4.69, 9.17) is 0 Å². The number of anilines is 1. The molecule has 0 saturated carbocycles. The van der Waals surface area contributed by atoms with Gasteiger partial charge in [0.25, 0.3) is 5.91 Å². The molecule has 0 saturated heterocycles. The van der Waals surface area contributed by atoms with Crippen molar-refractivity contribution in [3.63, 3.8) is 0 Å². The highest BCUT2D eigenvalue weighted by atomic mass is 16.3. The molecule has 2 N–H and O–H groups in total. The summed E-state index contributed by atoms with van der Waals surface area (Å²) < 4.78 is 0. The van der Waals surface area contributed by atoms with Gasteiger partial charge in [0, 0.05) is 5.69 Å². The molecule has 0 spiro atoms. The average molecular weight is 221 g/mol. The lowest BCUT2D eigenvalue weighted by atomic mass is 10.0. The predicted molar refractivity (Wildman–Crippen MR) is 65.3 cm³/mol. The number of aliphatic hydroxyl groups excluding tert-OH is 1. The number of rotatable bonds is 4. The SMILES string of the molecule is CCC(C)C(O)C(=O)Nc1ccc(C)cc1. The summed E-state index contributed by atoms with van der Waals surface area (Å²) in [4.78, 5) is 11.6. The molecule has 3 heteroatoms. The topological polar surface area (TPSA) is 49.3 Å². The molecule has 0 aliphatic heterocycles. The number of carbonyl (C=O) groups excluding carboxylic acids is 1. The molecular formula is C13H19NO2. The van der Waals surface area contributed by atoms with Crippen LogP contribution in [-0.4, -0.2) is 17.1 Å². The van der Waals surface area contributed by atoms with Gasteiger partial charge in [0.2, 0.25) is 0 Å². The molecule has 0 fully saturated rings. The van der Waals surface area contributed by atoms with Gasteiger partial charge in [-0.05, 0) is 25.0 Å². The Labute approximate surface area is 96.5 Å². The van der Waals surface area contributed by atoms with E-state index in [1.165, 1.54) is 0 Å². The lowest BCUT2D eigenvalue weighted by Gasteiger charge is -2.16. The van der Waals surface area contributed by atoms with E-state index in [0.717, 1.165) is 17.7 Å². The zero-order chi connectivity index (χ0) is 12.1. The molecule has 2 atom stereocenters. The third-order valence-corrected chi connectivity index (χ3v) is 2.77. The van der Waals surface area contributed by atoms with E-state index >= 15 is 0 Å². The maximum Gasteiger partial charge on any atom is 0.253 e. The molecule has 0 heterocycles. The van der Waals surface area contributed by atoms with E-state index in [1.807, 2.05) is 45.0 Å². The Morgan fingerprint density at radius 1 is 1.38 bits per heavy atom. The second-order valence-electron chi connectivity index (χ2n) is 4.19. The minimum absolute atomic E-state index is 0.0227. The van der Waals surface area contributed by atoms with Crippen molar-refractivity contribution >= 4 is 11.6 Å². The van der Waals surface area contributed by atoms with Gasteiger partial charge < -0.3 is 10.4 Å². The summed E-state index contributed by atoms with van der Waals surface area (Å²) in [6, 6.07) is 7.50. The molecule has 1 aromatic rings. The van der Waals surface area contributed by atoms with Crippen molar-refractivity contribution in [3.8, 4) is 0 Å². The number of hydrogen-bond acceptors (Lipinski definition) is 2. The Morgan fingerprint density at radius 2 is 1.94 bits per heavy atom. The number of benzene rings is 1. The highest BCUT2D eigenvalue weighted by Gasteiger charge is 2.20. The van der Waals surface area contributed by atoms with E-state index in [2.05, 4.69) is 5.32 Å². The van der Waals surface area contributed by atoms with Gasteiger partial charge in [-0.2, -0.15) is 0 Å². The minimum atomic E-state index is -0.939. The van der Waals surface area contributed by atoms with Crippen molar-refractivity contribution in [2.45, 2.75) is 33.3 Å². The number of aryl methyl sites for hydroxylation is 1. The van der Waals surface area contributed by atoms with Gasteiger partial charge in [0.05, 0.1) is 0 Å². The number of amides is 1. The second kappa shape index (κ2) is 5.66. The van der Waals surface area contributed by atoms with Crippen molar-refractivity contribution in [3.05, 3.63) is 29.8 Å². The maximum absolute atomic E-state index is 11.6. The van der Waals surface area contributed by atoms with Crippen molar-refractivity contribution < 1.29 is 9.90 Å². The predicted octanol–water partition coefficient (Wildman–Crippen LogP) is 2.34. The molecule has 0 bridgehead atoms. The third-order valence-electron chi connectivity index (χ3n) is 2.77. The number of nitrogens with one attached hydrogen (secondary N) is 1. The molecule has 2 unspecified atom stereocenters. The van der Waals surface area contributed by atoms with Crippen LogP contribution in [0, 0.1) is 12.8 Å². The number of aliphatic hydroxyl groups is 1. The largest absolute Gasteiger partial charge is 0.383 e. The van der Waals surface area contributed by atoms with Gasteiger partial charge in [-0.1, -0.05) is 38.0 Å². The first-order valence-corrected chi connectivity index (χ1v) is 5.60. The number of hydrogen-bond donors (Lipinski definition) is 2. The summed E-state index contributed by atoms with van der Waals surface area (Å²) in [5, 5.41) is 12.4. The Bertz CT molecular complexity index is 345. The quantitative estimate of drug-likeness (QED) is 0.820. The highest BCUT2D eigenvalue weighted by molar-refractivity contribution is 5.94. The fraction of sp³-hybridized carbons (Fsp3) is 0.462. The minimum Gasteiger partial charge on any atom is -0.383 e. The van der Waals surface area contributed by atoms with Gasteiger partial charge in [0.1, 0.15) is 6.10 Å². The molecule has 0 aliphatic carbocycles. The molecule has 0 aliphatic rings. The van der Waals surface area contributed by atoms with E-state index in [-0.39, 0.29) is 11.8 Å². The van der Waals surface area contributed by atoms with Crippen LogP contribution in [0.1, 0.15) is 25.8 Å². The van der Waals surface area contributed by atoms with Crippen LogP contribution < -0.4 is 5.32 Å². The Morgan fingerprint density at radius 3 is 2.44 bits per heavy atom. The molecule has 16 heavy (non-hydrogen) atoms. The molecule has 3 nitrogen and oxygen atoms in total. The van der Waals surface area contributed by atoms with Gasteiger partial charge in [-0.15, -0.1) is 0 Å². The van der Waals surface area contributed by atoms with Gasteiger partial charge in [0.15, 0.2) is 0 Å². The Balaban J connectivity index is 2.60. The van der Waals surface area contributed by atoms with E-state index in [1.54, 1.807) is 0 Å². The van der Waals surface area contributed by atoms with Crippen LogP contribution in [0.4, 0.5) is 5.69 Å². The van der Waals surface area contributed by atoms with Crippen LogP contribution >= 0.6 is 0 Å². The lowest BCUT2D eigenvalue weighted by molar-refractivity contribution is -0.126. The zero-order valence-corrected chi connectivity index (χ0v) is 10.0. The third kappa shape index (κ3) is 3.35. The monoisotopic (exact) mass is 221 g/mol. The van der Waals surface area contributed by atoms with Crippen LogP contribution in [0.3, 0.4) is 0 Å². The van der Waals surface area contributed by atoms with Crippen LogP contribution in [0.25, 0.3) is 0 Å². The van der Waals surface area contributed by atoms with Crippen LogP contribution in [0.5, 0.6) is 0 Å². The van der Waals surface area contributed by atoms with Crippen LogP contribution in [-0.2, 0) is 4.79 Å². The summed E-state index contributed by atoms with van der Waals surface area (Å²) in [5.74, 6) is -0.358. The van der Waals surface area contributed by atoms with Crippen LogP contribution in [0.2, 0.25) is 0 Å². The van der Waals surface area contributed by atoms with Crippen LogP contribution in [0.15, 0.2) is 24.3 Å². The zero-order valence-electron chi connectivity index (χ0n) is 10.0. The Hall–Kier alpha value is -1.35. The average Bonchev–Trinajstić information content (AvgIpc) is 2.30. The maximum atomic E-state index is 11.6. The summed E-state index contributed by atoms with van der Waals surface area (Å²) in [7, 11) is 0. The fourth-order valence-electron chi connectivity index (χ4n) is 1.33. The van der Waals surface area contributed by atoms with Gasteiger partial charge >= 0.3 is 0 Å². The van der Waals surface area contributed by atoms with Gasteiger partial charge in [-0.3, -0.25) is 4.79 Å². The highest BCUT2D eigenvalue weighted by Crippen LogP contribution is 2.12.